The van der Waals surface area contributed by atoms with Crippen molar-refractivity contribution < 1.29 is 0 Å². The van der Waals surface area contributed by atoms with Gasteiger partial charge in [0.25, 0.3) is 0 Å². The number of hydrogen-bond donors (Lipinski definition) is 0. The van der Waals surface area contributed by atoms with Crippen LogP contribution in [-0.2, 0) is 0 Å². The molecule has 0 fully saturated rings. The Hall–Kier alpha value is -0.521. The zero-order valence-electron chi connectivity index (χ0n) is 6.72. The van der Waals surface area contributed by atoms with Crippen LogP contribution in [0.25, 0.3) is 10.8 Å². The number of hydrogen-bond acceptors (Lipinski definition) is 0. The van der Waals surface area contributed by atoms with Gasteiger partial charge >= 0.3 is 72.3 Å². The summed E-state index contributed by atoms with van der Waals surface area (Å²) in [5.74, 6) is 0. The molecular weight excluding hydrogens is 199 g/mol. The fraction of sp³-hybridized carbons (Fsp3) is 0.200. The third-order valence-electron chi connectivity index (χ3n) is 1.99. The van der Waals surface area contributed by atoms with Crippen molar-refractivity contribution in [3.63, 3.8) is 0 Å². The first-order valence-corrected chi connectivity index (χ1v) is 5.45. The minimum atomic E-state index is 0.629. The molecule has 0 aliphatic heterocycles. The van der Waals surface area contributed by atoms with Gasteiger partial charge in [-0.05, 0) is 0 Å². The van der Waals surface area contributed by atoms with Crippen LogP contribution in [0.5, 0.6) is 0 Å². The van der Waals surface area contributed by atoms with E-state index in [0.717, 1.165) is 0 Å². The first kappa shape index (κ1) is 7.15. The molecule has 0 aliphatic rings. The van der Waals surface area contributed by atoms with Gasteiger partial charge in [-0.25, -0.2) is 0 Å². The second-order valence-electron chi connectivity index (χ2n) is 2.76. The summed E-state index contributed by atoms with van der Waals surface area (Å²) in [4.78, 5) is 0. The van der Waals surface area contributed by atoms with Gasteiger partial charge < -0.3 is 0 Å². The second kappa shape index (κ2) is 2.51. The van der Waals surface area contributed by atoms with E-state index in [-0.39, 0.29) is 0 Å². The molecule has 1 aromatic carbocycles. The van der Waals surface area contributed by atoms with Crippen molar-refractivity contribution in [1.29, 1.82) is 0 Å². The van der Waals surface area contributed by atoms with Gasteiger partial charge in [0.2, 0.25) is 0 Å². The molecule has 0 bridgehead atoms. The third-order valence-corrected chi connectivity index (χ3v) is 4.20. The average molecular weight is 209 g/mol. The number of fused-ring (bicyclic) bond motifs is 1. The summed E-state index contributed by atoms with van der Waals surface area (Å²) in [5.41, 5.74) is 0. The van der Waals surface area contributed by atoms with E-state index < -0.39 is 0 Å². The van der Waals surface area contributed by atoms with Gasteiger partial charge in [0.15, 0.2) is 0 Å². The first-order valence-electron chi connectivity index (χ1n) is 3.74. The summed E-state index contributed by atoms with van der Waals surface area (Å²) in [6, 6.07) is 8.69. The summed E-state index contributed by atoms with van der Waals surface area (Å²) < 4.78 is 3.15. The van der Waals surface area contributed by atoms with Gasteiger partial charge in [0.1, 0.15) is 0 Å². The van der Waals surface area contributed by atoms with E-state index in [1.165, 1.54) is 10.8 Å². The molecule has 0 atom stereocenters. The number of aryl methyl sites for hydroxylation is 2. The zero-order valence-corrected chi connectivity index (χ0v) is 8.43. The van der Waals surface area contributed by atoms with Gasteiger partial charge in [-0.3, -0.25) is 0 Å². The Morgan fingerprint density at radius 2 is 1.36 bits per heavy atom. The van der Waals surface area contributed by atoms with Crippen LogP contribution in [0.15, 0.2) is 24.3 Å². The van der Waals surface area contributed by atoms with Crippen LogP contribution < -0.4 is 0 Å². The Bertz CT molecular complexity index is 349. The minimum absolute atomic E-state index is 0.629. The molecular formula is C10H10Se. The Balaban J connectivity index is 2.95. The number of rotatable bonds is 0. The SMILES string of the molecule is Cc1[se]c(C)c2ccccc12. The van der Waals surface area contributed by atoms with E-state index in [1.807, 2.05) is 0 Å². The van der Waals surface area contributed by atoms with Crippen LogP contribution in [0.1, 0.15) is 8.87 Å². The van der Waals surface area contributed by atoms with Crippen LogP contribution in [0, 0.1) is 13.8 Å². The van der Waals surface area contributed by atoms with Crippen LogP contribution in [0.4, 0.5) is 0 Å². The Labute approximate surface area is 72.6 Å². The topological polar surface area (TPSA) is 0 Å². The zero-order chi connectivity index (χ0) is 7.84. The molecule has 11 heavy (non-hydrogen) atoms. The molecule has 0 unspecified atom stereocenters. The van der Waals surface area contributed by atoms with Gasteiger partial charge in [-0.1, -0.05) is 0 Å². The van der Waals surface area contributed by atoms with Crippen molar-refractivity contribution in [2.45, 2.75) is 13.8 Å². The van der Waals surface area contributed by atoms with E-state index in [0.29, 0.717) is 14.5 Å². The molecule has 1 heterocycles. The van der Waals surface area contributed by atoms with Crippen molar-refractivity contribution in [2.75, 3.05) is 0 Å². The summed E-state index contributed by atoms with van der Waals surface area (Å²) in [6.07, 6.45) is 0. The van der Waals surface area contributed by atoms with E-state index in [4.69, 9.17) is 0 Å². The fourth-order valence-electron chi connectivity index (χ4n) is 1.44. The first-order chi connectivity index (χ1) is 5.29. The van der Waals surface area contributed by atoms with Crippen molar-refractivity contribution in [2.24, 2.45) is 0 Å². The molecule has 2 rings (SSSR count). The van der Waals surface area contributed by atoms with E-state index >= 15 is 0 Å². The van der Waals surface area contributed by atoms with Gasteiger partial charge in [0, 0.05) is 0 Å². The van der Waals surface area contributed by atoms with Crippen molar-refractivity contribution in [3.05, 3.63) is 33.1 Å². The molecule has 0 nitrogen and oxygen atoms in total. The van der Waals surface area contributed by atoms with Crippen LogP contribution in [-0.4, -0.2) is 14.5 Å². The van der Waals surface area contributed by atoms with E-state index in [1.54, 1.807) is 8.87 Å². The van der Waals surface area contributed by atoms with Crippen LogP contribution >= 0.6 is 0 Å². The normalized spacial score (nSPS) is 10.7. The van der Waals surface area contributed by atoms with E-state index in [9.17, 15) is 0 Å². The molecule has 1 aromatic heterocycles. The second-order valence-corrected chi connectivity index (χ2v) is 5.76. The molecule has 0 saturated heterocycles. The van der Waals surface area contributed by atoms with Crippen molar-refractivity contribution in [3.8, 4) is 0 Å². The summed E-state index contributed by atoms with van der Waals surface area (Å²) >= 11 is 0.629. The molecule has 0 radical (unpaired) electrons. The van der Waals surface area contributed by atoms with Gasteiger partial charge in [-0.2, -0.15) is 0 Å². The predicted molar refractivity (Wildman–Crippen MR) is 50.4 cm³/mol. The average Bonchev–Trinajstić information content (AvgIpc) is 2.30. The van der Waals surface area contributed by atoms with Gasteiger partial charge in [-0.15, -0.1) is 0 Å². The standard InChI is InChI=1S/C10H10Se/c1-7-9-5-3-4-6-10(9)8(2)11-7/h3-6H,1-2H3. The quantitative estimate of drug-likeness (QED) is 0.585. The third kappa shape index (κ3) is 1.05. The molecule has 0 amide bonds. The molecule has 2 aromatic rings. The Kier molecular flexibility index (Phi) is 1.63. The van der Waals surface area contributed by atoms with Crippen molar-refractivity contribution >= 4 is 25.3 Å². The number of benzene rings is 1. The molecule has 56 valence electrons. The monoisotopic (exact) mass is 210 g/mol. The van der Waals surface area contributed by atoms with Gasteiger partial charge in [0.05, 0.1) is 0 Å². The maximum absolute atomic E-state index is 2.25. The summed E-state index contributed by atoms with van der Waals surface area (Å²) in [5, 5.41) is 2.95. The van der Waals surface area contributed by atoms with E-state index in [2.05, 4.69) is 38.1 Å². The van der Waals surface area contributed by atoms with Crippen LogP contribution in [0.3, 0.4) is 0 Å². The molecule has 1 heteroatoms. The van der Waals surface area contributed by atoms with Crippen LogP contribution in [0.2, 0.25) is 0 Å². The summed E-state index contributed by atoms with van der Waals surface area (Å²) in [7, 11) is 0. The Morgan fingerprint density at radius 1 is 0.909 bits per heavy atom. The fourth-order valence-corrected chi connectivity index (χ4v) is 3.61. The molecule has 0 N–H and O–H groups in total. The molecule has 0 saturated carbocycles. The maximum atomic E-state index is 2.25. The predicted octanol–water partition coefficient (Wildman–Crippen LogP) is 2.51. The molecule has 0 aliphatic carbocycles. The summed E-state index contributed by atoms with van der Waals surface area (Å²) in [6.45, 7) is 4.49. The van der Waals surface area contributed by atoms with Crippen molar-refractivity contribution in [1.82, 2.24) is 0 Å². The Morgan fingerprint density at radius 3 is 1.82 bits per heavy atom. The molecule has 0 spiro atoms.